The van der Waals surface area contributed by atoms with Crippen LogP contribution in [0.3, 0.4) is 0 Å². The molecule has 238 valence electrons. The molecular weight excluding hydrogens is 621 g/mol. The van der Waals surface area contributed by atoms with Crippen molar-refractivity contribution < 1.29 is 92.1 Å². The molecule has 0 radical (unpaired) electrons. The molecule has 0 spiro atoms. The predicted molar refractivity (Wildman–Crippen MR) is 97.4 cm³/mol. The lowest BCUT2D eigenvalue weighted by Crippen LogP contribution is -2.73. The Labute approximate surface area is 210 Å². The first kappa shape index (κ1) is 39.8. The second-order valence-electron chi connectivity index (χ2n) is 7.95. The minimum Gasteiger partial charge on any atom is -0.743 e. The summed E-state index contributed by atoms with van der Waals surface area (Å²) < 4.78 is 248. The molecule has 0 aliphatic heterocycles. The van der Waals surface area contributed by atoms with Crippen LogP contribution in [0.5, 0.6) is 0 Å². The molecule has 0 aromatic carbocycles. The average Bonchev–Trinajstić information content (AvgIpc) is 2.73. The quantitative estimate of drug-likeness (QED) is 0.134. The van der Waals surface area contributed by atoms with Crippen LogP contribution in [0.1, 0.15) is 34.1 Å². The summed E-state index contributed by atoms with van der Waals surface area (Å²) >= 11 is 0. The fourth-order valence-electron chi connectivity index (χ4n) is 2.87. The van der Waals surface area contributed by atoms with Crippen LogP contribution >= 0.6 is 0 Å². The summed E-state index contributed by atoms with van der Waals surface area (Å²) in [6.07, 6.45) is -11.0. The van der Waals surface area contributed by atoms with Crippen molar-refractivity contribution in [1.29, 1.82) is 0 Å². The molecule has 0 amide bonds. The molecule has 0 aromatic heterocycles. The zero-order chi connectivity index (χ0) is 32.5. The standard InChI is InChI=1S/C9H3F17O3S.C8H20N/c10-2(11,1-3(12,13)14)4(15,16)5(17,18)6(19,20)7(21,22)8(23,24)9(25,26)30(27,28)29;1-5-9(6-2,7-3)8-4/h1H2,(H,27,28,29);5-8H2,1-4H3/q;+1/p-1. The first-order valence-electron chi connectivity index (χ1n) is 10.2. The monoisotopic (exact) mass is 643 g/mol. The average molecular weight is 643 g/mol. The van der Waals surface area contributed by atoms with Crippen LogP contribution in [0.4, 0.5) is 74.6 Å². The third-order valence-electron chi connectivity index (χ3n) is 5.82. The summed E-state index contributed by atoms with van der Waals surface area (Å²) in [6.45, 7) is 14.2. The van der Waals surface area contributed by atoms with E-state index in [9.17, 15) is 87.6 Å². The normalized spacial score (nSPS) is 15.6. The van der Waals surface area contributed by atoms with Gasteiger partial charge in [-0.15, -0.1) is 0 Å². The maximum Gasteiger partial charge on any atom is 0.402 e. The van der Waals surface area contributed by atoms with Crippen LogP contribution in [-0.4, -0.2) is 90.6 Å². The molecule has 0 saturated heterocycles. The Balaban J connectivity index is 0. The van der Waals surface area contributed by atoms with Gasteiger partial charge in [0.05, 0.1) is 26.2 Å². The highest BCUT2D eigenvalue weighted by molar-refractivity contribution is 7.86. The van der Waals surface area contributed by atoms with Gasteiger partial charge >= 0.3 is 47.0 Å². The molecule has 0 aliphatic rings. The third-order valence-corrected chi connectivity index (χ3v) is 6.71. The molecule has 0 heterocycles. The summed E-state index contributed by atoms with van der Waals surface area (Å²) in [5.74, 6) is -50.3. The van der Waals surface area contributed by atoms with Crippen molar-refractivity contribution in [3.05, 3.63) is 0 Å². The molecular formula is C17H22F17NO3S. The van der Waals surface area contributed by atoms with Crippen LogP contribution in [0.2, 0.25) is 0 Å². The zero-order valence-electron chi connectivity index (χ0n) is 20.0. The van der Waals surface area contributed by atoms with Crippen molar-refractivity contribution in [2.75, 3.05) is 26.2 Å². The van der Waals surface area contributed by atoms with E-state index in [1.54, 1.807) is 0 Å². The number of halogens is 17. The minimum absolute atomic E-state index is 1.28. The molecule has 4 nitrogen and oxygen atoms in total. The van der Waals surface area contributed by atoms with E-state index < -0.39 is 63.5 Å². The van der Waals surface area contributed by atoms with E-state index >= 15 is 0 Å². The molecule has 0 N–H and O–H groups in total. The first-order valence-corrected chi connectivity index (χ1v) is 11.6. The highest BCUT2D eigenvalue weighted by Gasteiger charge is 2.93. The van der Waals surface area contributed by atoms with Crippen molar-refractivity contribution in [2.45, 2.75) is 81.1 Å². The van der Waals surface area contributed by atoms with Crippen LogP contribution in [-0.2, 0) is 10.1 Å². The Hall–Kier alpha value is -1.32. The van der Waals surface area contributed by atoms with Gasteiger partial charge in [-0.05, 0) is 27.7 Å². The van der Waals surface area contributed by atoms with Gasteiger partial charge in [0.1, 0.15) is 6.42 Å². The van der Waals surface area contributed by atoms with Gasteiger partial charge in [0.25, 0.3) is 0 Å². The number of hydrogen-bond acceptors (Lipinski definition) is 3. The third kappa shape index (κ3) is 6.95. The van der Waals surface area contributed by atoms with Gasteiger partial charge in [-0.1, -0.05) is 0 Å². The maximum atomic E-state index is 13.1. The van der Waals surface area contributed by atoms with Crippen molar-refractivity contribution >= 4 is 10.1 Å². The highest BCUT2D eigenvalue weighted by atomic mass is 32.2. The van der Waals surface area contributed by atoms with Gasteiger partial charge in [-0.25, -0.2) is 8.42 Å². The van der Waals surface area contributed by atoms with Crippen LogP contribution in [0, 0.1) is 0 Å². The molecule has 0 fully saturated rings. The second kappa shape index (κ2) is 11.5. The lowest BCUT2D eigenvalue weighted by Gasteiger charge is -2.42. The number of quaternary nitrogens is 1. The Morgan fingerprint density at radius 1 is 0.513 bits per heavy atom. The largest absolute Gasteiger partial charge is 0.743 e. The van der Waals surface area contributed by atoms with Gasteiger partial charge in [-0.3, -0.25) is 0 Å². The summed E-state index contributed by atoms with van der Waals surface area (Å²) in [6, 6.07) is 0. The SMILES string of the molecule is CC[N+](CC)(CC)CC.O=S(=O)([O-])C(F)(F)C(F)(F)C(F)(F)C(F)(F)C(F)(F)C(F)(F)C(F)(F)CC(F)(F)F. The second-order valence-corrected chi connectivity index (χ2v) is 9.37. The maximum absolute atomic E-state index is 13.1. The molecule has 22 heteroatoms. The van der Waals surface area contributed by atoms with Crippen LogP contribution in [0.25, 0.3) is 0 Å². The molecule has 0 saturated carbocycles. The fourth-order valence-corrected chi connectivity index (χ4v) is 3.31. The smallest absolute Gasteiger partial charge is 0.402 e. The molecule has 0 rings (SSSR count). The summed E-state index contributed by atoms with van der Waals surface area (Å²) in [4.78, 5) is 0. The predicted octanol–water partition coefficient (Wildman–Crippen LogP) is 6.77. The number of alkyl halides is 17. The molecule has 0 aliphatic carbocycles. The number of nitrogens with zero attached hydrogens (tertiary/aromatic N) is 1. The van der Waals surface area contributed by atoms with Crippen molar-refractivity contribution in [2.24, 2.45) is 0 Å². The van der Waals surface area contributed by atoms with E-state index in [0.29, 0.717) is 0 Å². The summed E-state index contributed by atoms with van der Waals surface area (Å²) in [7, 11) is -8.11. The van der Waals surface area contributed by atoms with E-state index in [4.69, 9.17) is 0 Å². The summed E-state index contributed by atoms with van der Waals surface area (Å²) in [5.41, 5.74) is 0. The fraction of sp³-hybridized carbons (Fsp3) is 1.00. The lowest BCUT2D eigenvalue weighted by atomic mass is 9.90. The first-order chi connectivity index (χ1) is 16.7. The van der Waals surface area contributed by atoms with Gasteiger partial charge in [0, 0.05) is 0 Å². The minimum atomic E-state index is -8.78. The Kier molecular flexibility index (Phi) is 11.8. The molecule has 0 bridgehead atoms. The van der Waals surface area contributed by atoms with Crippen molar-refractivity contribution in [3.8, 4) is 0 Å². The number of rotatable bonds is 12. The molecule has 0 aromatic rings. The topological polar surface area (TPSA) is 57.2 Å². The van der Waals surface area contributed by atoms with E-state index in [0.717, 1.165) is 0 Å². The van der Waals surface area contributed by atoms with Gasteiger partial charge < -0.3 is 9.04 Å². The van der Waals surface area contributed by atoms with E-state index in [2.05, 4.69) is 27.7 Å². The zero-order valence-corrected chi connectivity index (χ0v) is 20.9. The Bertz CT molecular complexity index is 894. The van der Waals surface area contributed by atoms with Gasteiger partial charge in [0.2, 0.25) is 0 Å². The highest BCUT2D eigenvalue weighted by Crippen LogP contribution is 2.63. The van der Waals surface area contributed by atoms with Crippen LogP contribution < -0.4 is 0 Å². The number of hydrogen-bond donors (Lipinski definition) is 0. The van der Waals surface area contributed by atoms with E-state index in [-0.39, 0.29) is 0 Å². The van der Waals surface area contributed by atoms with Gasteiger partial charge in [0.15, 0.2) is 10.1 Å². The van der Waals surface area contributed by atoms with Gasteiger partial charge in [-0.2, -0.15) is 74.6 Å². The molecule has 0 unspecified atom stereocenters. The van der Waals surface area contributed by atoms with E-state index in [1.165, 1.54) is 30.7 Å². The van der Waals surface area contributed by atoms with Crippen LogP contribution in [0.15, 0.2) is 0 Å². The van der Waals surface area contributed by atoms with E-state index in [1.807, 2.05) is 0 Å². The molecule has 0 atom stereocenters. The molecule has 39 heavy (non-hydrogen) atoms. The van der Waals surface area contributed by atoms with Crippen molar-refractivity contribution in [3.63, 3.8) is 0 Å². The Morgan fingerprint density at radius 2 is 0.769 bits per heavy atom. The summed E-state index contributed by atoms with van der Waals surface area (Å²) in [5, 5.41) is -7.91. The Morgan fingerprint density at radius 3 is 0.974 bits per heavy atom. The van der Waals surface area contributed by atoms with Crippen molar-refractivity contribution in [1.82, 2.24) is 0 Å². The lowest BCUT2D eigenvalue weighted by molar-refractivity contribution is -0.921.